The van der Waals surface area contributed by atoms with Crippen molar-refractivity contribution in [3.8, 4) is 0 Å². The number of fused-ring (bicyclic) bond motifs is 1. The van der Waals surface area contributed by atoms with Crippen LogP contribution in [-0.2, 0) is 16.6 Å². The minimum absolute atomic E-state index is 0.264. The van der Waals surface area contributed by atoms with Crippen LogP contribution < -0.4 is 4.31 Å². The lowest BCUT2D eigenvalue weighted by Crippen LogP contribution is -2.39. The summed E-state index contributed by atoms with van der Waals surface area (Å²) < 4.78 is 25.8. The average Bonchev–Trinajstić information content (AvgIpc) is 2.85. The summed E-state index contributed by atoms with van der Waals surface area (Å²) in [6.07, 6.45) is 0. The van der Waals surface area contributed by atoms with Crippen LogP contribution in [0.15, 0.2) is 35.7 Å². The molecule has 0 aliphatic carbocycles. The fourth-order valence-corrected chi connectivity index (χ4v) is 4.62. The molecule has 1 aromatic heterocycles. The van der Waals surface area contributed by atoms with Gasteiger partial charge in [-0.15, -0.1) is 11.3 Å². The minimum Gasteiger partial charge on any atom is -0.292 e. The van der Waals surface area contributed by atoms with E-state index in [1.165, 1.54) is 15.6 Å². The molecule has 104 valence electrons. The van der Waals surface area contributed by atoms with Crippen molar-refractivity contribution in [1.29, 1.82) is 0 Å². The van der Waals surface area contributed by atoms with Gasteiger partial charge in [0.05, 0.1) is 17.1 Å². The standard InChI is InChI=1S/C14H13NO3S2/c1-10-2-4-11(5-3-10)8-15-12-6-7-19-14(12)13(16)9-20(15,17)18/h2-7H,8-9H2,1H3. The summed E-state index contributed by atoms with van der Waals surface area (Å²) in [4.78, 5) is 12.3. The molecule has 20 heavy (non-hydrogen) atoms. The lowest BCUT2D eigenvalue weighted by molar-refractivity contribution is 0.102. The van der Waals surface area contributed by atoms with Gasteiger partial charge in [-0.3, -0.25) is 9.10 Å². The molecule has 0 spiro atoms. The smallest absolute Gasteiger partial charge is 0.243 e. The quantitative estimate of drug-likeness (QED) is 0.857. The summed E-state index contributed by atoms with van der Waals surface area (Å²) in [5.74, 6) is -0.748. The van der Waals surface area contributed by atoms with Crippen LogP contribution in [0.2, 0.25) is 0 Å². The lowest BCUT2D eigenvalue weighted by Gasteiger charge is -2.27. The molecule has 0 saturated heterocycles. The van der Waals surface area contributed by atoms with Crippen LogP contribution in [-0.4, -0.2) is 20.0 Å². The molecule has 2 heterocycles. The van der Waals surface area contributed by atoms with Crippen molar-refractivity contribution in [3.63, 3.8) is 0 Å². The third-order valence-electron chi connectivity index (χ3n) is 3.26. The van der Waals surface area contributed by atoms with Gasteiger partial charge >= 0.3 is 0 Å². The Balaban J connectivity index is 2.01. The van der Waals surface area contributed by atoms with Gasteiger partial charge in [0.2, 0.25) is 10.0 Å². The number of Topliss-reactive ketones (excluding diaryl/α,β-unsaturated/α-hetero) is 1. The Morgan fingerprint density at radius 1 is 1.20 bits per heavy atom. The highest BCUT2D eigenvalue weighted by Crippen LogP contribution is 2.34. The van der Waals surface area contributed by atoms with E-state index in [0.29, 0.717) is 10.6 Å². The number of anilines is 1. The fourth-order valence-electron chi connectivity index (χ4n) is 2.21. The predicted molar refractivity (Wildman–Crippen MR) is 79.8 cm³/mol. The molecule has 3 rings (SSSR count). The van der Waals surface area contributed by atoms with E-state index < -0.39 is 15.8 Å². The molecule has 1 aromatic carbocycles. The number of carbonyl (C=O) groups is 1. The van der Waals surface area contributed by atoms with Crippen LogP contribution >= 0.6 is 11.3 Å². The van der Waals surface area contributed by atoms with Crippen molar-refractivity contribution < 1.29 is 13.2 Å². The Hall–Kier alpha value is -1.66. The van der Waals surface area contributed by atoms with Crippen LogP contribution in [0.25, 0.3) is 0 Å². The van der Waals surface area contributed by atoms with Crippen LogP contribution in [0.5, 0.6) is 0 Å². The van der Waals surface area contributed by atoms with Gasteiger partial charge in [-0.1, -0.05) is 29.8 Å². The average molecular weight is 307 g/mol. The van der Waals surface area contributed by atoms with E-state index in [1.807, 2.05) is 31.2 Å². The monoisotopic (exact) mass is 307 g/mol. The summed E-state index contributed by atoms with van der Waals surface area (Å²) in [6, 6.07) is 9.42. The molecular weight excluding hydrogens is 294 g/mol. The van der Waals surface area contributed by atoms with Crippen molar-refractivity contribution in [2.75, 3.05) is 10.1 Å². The van der Waals surface area contributed by atoms with Gasteiger partial charge in [0.15, 0.2) is 5.78 Å². The maximum Gasteiger partial charge on any atom is 0.243 e. The van der Waals surface area contributed by atoms with Crippen LogP contribution in [0.4, 0.5) is 5.69 Å². The van der Waals surface area contributed by atoms with Crippen molar-refractivity contribution in [1.82, 2.24) is 0 Å². The van der Waals surface area contributed by atoms with E-state index in [-0.39, 0.29) is 12.3 Å². The first-order chi connectivity index (χ1) is 9.47. The molecule has 1 aliphatic rings. The molecule has 0 radical (unpaired) electrons. The number of hydrogen-bond donors (Lipinski definition) is 0. The van der Waals surface area contributed by atoms with Crippen molar-refractivity contribution in [2.45, 2.75) is 13.5 Å². The maximum absolute atomic E-state index is 12.2. The Morgan fingerprint density at radius 2 is 1.90 bits per heavy atom. The van der Waals surface area contributed by atoms with Crippen LogP contribution in [0, 0.1) is 6.92 Å². The van der Waals surface area contributed by atoms with E-state index in [0.717, 1.165) is 11.1 Å². The number of sulfonamides is 1. The zero-order valence-corrected chi connectivity index (χ0v) is 12.5. The molecular formula is C14H13NO3S2. The van der Waals surface area contributed by atoms with E-state index in [9.17, 15) is 13.2 Å². The van der Waals surface area contributed by atoms with Gasteiger partial charge in [0, 0.05) is 0 Å². The molecule has 1 aliphatic heterocycles. The van der Waals surface area contributed by atoms with Gasteiger partial charge in [-0.2, -0.15) is 0 Å². The Labute approximate surface area is 121 Å². The number of nitrogens with zero attached hydrogens (tertiary/aromatic N) is 1. The maximum atomic E-state index is 12.2. The molecule has 0 saturated carbocycles. The summed E-state index contributed by atoms with van der Waals surface area (Å²) in [5.41, 5.74) is 2.54. The second-order valence-electron chi connectivity index (χ2n) is 4.81. The number of hydrogen-bond acceptors (Lipinski definition) is 4. The highest BCUT2D eigenvalue weighted by atomic mass is 32.2. The van der Waals surface area contributed by atoms with Crippen LogP contribution in [0.1, 0.15) is 20.8 Å². The fraction of sp³-hybridized carbons (Fsp3) is 0.214. The first-order valence-corrected chi connectivity index (χ1v) is 8.63. The molecule has 0 amide bonds. The van der Waals surface area contributed by atoms with Gasteiger partial charge in [0.25, 0.3) is 0 Å². The molecule has 6 heteroatoms. The van der Waals surface area contributed by atoms with Crippen molar-refractivity contribution >= 4 is 32.8 Å². The van der Waals surface area contributed by atoms with Crippen molar-refractivity contribution in [2.24, 2.45) is 0 Å². The molecule has 0 N–H and O–H groups in total. The second kappa shape index (κ2) is 4.71. The molecule has 0 unspecified atom stereocenters. The number of carbonyl (C=O) groups excluding carboxylic acids is 1. The molecule has 4 nitrogen and oxygen atoms in total. The Morgan fingerprint density at radius 3 is 2.60 bits per heavy atom. The number of thiophene rings is 1. The SMILES string of the molecule is Cc1ccc(CN2c3ccsc3C(=O)CS2(=O)=O)cc1. The number of rotatable bonds is 2. The Bertz CT molecular complexity index is 760. The normalized spacial score (nSPS) is 17.1. The summed E-state index contributed by atoms with van der Waals surface area (Å²) in [6.45, 7) is 2.25. The van der Waals surface area contributed by atoms with Gasteiger partial charge < -0.3 is 0 Å². The number of aryl methyl sites for hydroxylation is 1. The molecule has 2 aromatic rings. The minimum atomic E-state index is -3.57. The summed E-state index contributed by atoms with van der Waals surface area (Å²) in [7, 11) is -3.57. The summed E-state index contributed by atoms with van der Waals surface area (Å²) in [5, 5.41) is 1.76. The van der Waals surface area contributed by atoms with Crippen molar-refractivity contribution in [3.05, 3.63) is 51.7 Å². The second-order valence-corrected chi connectivity index (χ2v) is 7.62. The Kier molecular flexibility index (Phi) is 3.14. The van der Waals surface area contributed by atoms with Gasteiger partial charge in [-0.25, -0.2) is 8.42 Å². The molecule has 0 bridgehead atoms. The number of benzene rings is 1. The zero-order valence-electron chi connectivity index (χ0n) is 10.9. The lowest BCUT2D eigenvalue weighted by atomic mass is 10.1. The predicted octanol–water partition coefficient (Wildman–Crippen LogP) is 2.59. The molecule has 0 fully saturated rings. The van der Waals surface area contributed by atoms with E-state index >= 15 is 0 Å². The zero-order chi connectivity index (χ0) is 14.3. The van der Waals surface area contributed by atoms with Gasteiger partial charge in [-0.05, 0) is 23.9 Å². The van der Waals surface area contributed by atoms with Gasteiger partial charge in [0.1, 0.15) is 5.75 Å². The first kappa shape index (κ1) is 13.3. The highest BCUT2D eigenvalue weighted by Gasteiger charge is 2.35. The van der Waals surface area contributed by atoms with Crippen LogP contribution in [0.3, 0.4) is 0 Å². The summed E-state index contributed by atoms with van der Waals surface area (Å²) >= 11 is 1.30. The highest BCUT2D eigenvalue weighted by molar-refractivity contribution is 7.93. The van der Waals surface area contributed by atoms with E-state index in [1.54, 1.807) is 11.4 Å². The largest absolute Gasteiger partial charge is 0.292 e. The topological polar surface area (TPSA) is 54.5 Å². The molecule has 0 atom stereocenters. The first-order valence-electron chi connectivity index (χ1n) is 6.14. The third-order valence-corrected chi connectivity index (χ3v) is 5.83. The van der Waals surface area contributed by atoms with E-state index in [4.69, 9.17) is 0 Å². The van der Waals surface area contributed by atoms with E-state index in [2.05, 4.69) is 0 Å². The number of ketones is 1. The third kappa shape index (κ3) is 2.25.